The maximum atomic E-state index is 11.6. The van der Waals surface area contributed by atoms with Gasteiger partial charge in [-0.15, -0.1) is 0 Å². The van der Waals surface area contributed by atoms with Crippen LogP contribution in [-0.4, -0.2) is 34.3 Å². The van der Waals surface area contributed by atoms with Crippen molar-refractivity contribution in [1.29, 1.82) is 0 Å². The van der Waals surface area contributed by atoms with E-state index in [1.54, 1.807) is 38.6 Å². The highest BCUT2D eigenvalue weighted by Gasteiger charge is 2.18. The van der Waals surface area contributed by atoms with E-state index in [1.807, 2.05) is 0 Å². The number of methoxy groups -OCH3 is 1. The number of amides is 1. The number of ether oxygens (including phenoxy) is 2. The van der Waals surface area contributed by atoms with Gasteiger partial charge in [-0.2, -0.15) is 0 Å². The fourth-order valence-electron chi connectivity index (χ4n) is 1.34. The molecule has 0 aliphatic rings. The molecule has 1 aromatic rings. The van der Waals surface area contributed by atoms with Crippen LogP contribution in [0.25, 0.3) is 0 Å². The van der Waals surface area contributed by atoms with E-state index >= 15 is 0 Å². The molecule has 0 unspecified atom stereocenters. The van der Waals surface area contributed by atoms with Crippen LogP contribution in [-0.2, 0) is 27.7 Å². The molecule has 0 spiro atoms. The van der Waals surface area contributed by atoms with Crippen molar-refractivity contribution in [2.45, 2.75) is 32.8 Å². The summed E-state index contributed by atoms with van der Waals surface area (Å²) in [7, 11) is 3.04. The van der Waals surface area contributed by atoms with Crippen LogP contribution in [0.1, 0.15) is 26.6 Å². The lowest BCUT2D eigenvalue weighted by Gasteiger charge is -2.18. The second-order valence-electron chi connectivity index (χ2n) is 5.03. The predicted molar refractivity (Wildman–Crippen MR) is 68.8 cm³/mol. The number of imidazole rings is 1. The molecule has 0 saturated carbocycles. The molecule has 0 fully saturated rings. The van der Waals surface area contributed by atoms with Gasteiger partial charge >= 0.3 is 12.1 Å². The Labute approximate surface area is 111 Å². The molecule has 1 heterocycles. The summed E-state index contributed by atoms with van der Waals surface area (Å²) in [5.41, 5.74) is -0.576. The molecule has 0 saturated heterocycles. The average Bonchev–Trinajstić information content (AvgIpc) is 2.55. The zero-order chi connectivity index (χ0) is 14.6. The lowest BCUT2D eigenvalue weighted by Crippen LogP contribution is -2.27. The third-order valence-electron chi connectivity index (χ3n) is 2.13. The molecule has 1 rings (SSSR count). The maximum absolute atomic E-state index is 11.6. The first-order valence-corrected chi connectivity index (χ1v) is 5.80. The van der Waals surface area contributed by atoms with E-state index in [2.05, 4.69) is 15.0 Å². The van der Waals surface area contributed by atoms with Crippen LogP contribution in [0, 0.1) is 0 Å². The third-order valence-corrected chi connectivity index (χ3v) is 2.13. The van der Waals surface area contributed by atoms with Gasteiger partial charge in [-0.05, 0) is 20.8 Å². The van der Waals surface area contributed by atoms with Crippen LogP contribution < -0.4 is 5.32 Å². The number of esters is 1. The summed E-state index contributed by atoms with van der Waals surface area (Å²) in [6.45, 7) is 5.31. The van der Waals surface area contributed by atoms with Crippen LogP contribution in [0.2, 0.25) is 0 Å². The largest absolute Gasteiger partial charge is 0.469 e. The molecule has 0 atom stereocenters. The van der Waals surface area contributed by atoms with Crippen molar-refractivity contribution in [2.24, 2.45) is 7.05 Å². The molecule has 1 aromatic heterocycles. The van der Waals surface area contributed by atoms with Crippen molar-refractivity contribution < 1.29 is 19.1 Å². The predicted octanol–water partition coefficient (Wildman–Crippen LogP) is 1.48. The minimum atomic E-state index is -0.588. The Balaban J connectivity index is 2.68. The summed E-state index contributed by atoms with van der Waals surface area (Å²) in [4.78, 5) is 26.8. The first-order valence-electron chi connectivity index (χ1n) is 5.80. The number of carbonyl (C=O) groups is 2. The minimum Gasteiger partial charge on any atom is -0.469 e. The fraction of sp³-hybridized carbons (Fsp3) is 0.583. The Kier molecular flexibility index (Phi) is 4.52. The van der Waals surface area contributed by atoms with Crippen LogP contribution in [0.15, 0.2) is 6.20 Å². The molecule has 0 aromatic carbocycles. The van der Waals surface area contributed by atoms with Crippen LogP contribution >= 0.6 is 0 Å². The van der Waals surface area contributed by atoms with E-state index in [-0.39, 0.29) is 6.42 Å². The van der Waals surface area contributed by atoms with Gasteiger partial charge in [-0.3, -0.25) is 10.1 Å². The molecule has 0 bridgehead atoms. The second-order valence-corrected chi connectivity index (χ2v) is 5.03. The normalized spacial score (nSPS) is 11.0. The molecule has 106 valence electrons. The van der Waals surface area contributed by atoms with Crippen LogP contribution in [0.3, 0.4) is 0 Å². The minimum absolute atomic E-state index is 0.0446. The lowest BCUT2D eigenvalue weighted by molar-refractivity contribution is -0.139. The van der Waals surface area contributed by atoms with Crippen molar-refractivity contribution in [2.75, 3.05) is 12.4 Å². The highest BCUT2D eigenvalue weighted by molar-refractivity contribution is 5.83. The Morgan fingerprint density at radius 3 is 2.58 bits per heavy atom. The van der Waals surface area contributed by atoms with Crippen molar-refractivity contribution in [1.82, 2.24) is 9.55 Å². The first-order chi connectivity index (χ1) is 8.71. The van der Waals surface area contributed by atoms with Gasteiger partial charge in [0.25, 0.3) is 0 Å². The topological polar surface area (TPSA) is 82.4 Å². The molecule has 7 heteroatoms. The van der Waals surface area contributed by atoms with E-state index < -0.39 is 17.7 Å². The van der Waals surface area contributed by atoms with Gasteiger partial charge in [0.2, 0.25) is 0 Å². The van der Waals surface area contributed by atoms with Crippen molar-refractivity contribution in [3.63, 3.8) is 0 Å². The van der Waals surface area contributed by atoms with E-state index in [0.29, 0.717) is 11.6 Å². The number of carbonyl (C=O) groups excluding carboxylic acids is 2. The van der Waals surface area contributed by atoms with Crippen molar-refractivity contribution >= 4 is 17.9 Å². The van der Waals surface area contributed by atoms with Crippen molar-refractivity contribution in [3.05, 3.63) is 12.0 Å². The summed E-state index contributed by atoms with van der Waals surface area (Å²) >= 11 is 0. The second kappa shape index (κ2) is 5.73. The Morgan fingerprint density at radius 2 is 2.05 bits per heavy atom. The number of aryl methyl sites for hydroxylation is 1. The van der Waals surface area contributed by atoms with Crippen molar-refractivity contribution in [3.8, 4) is 0 Å². The summed E-state index contributed by atoms with van der Waals surface area (Å²) in [6.07, 6.45) is 1.06. The van der Waals surface area contributed by atoms with Gasteiger partial charge in [0.15, 0.2) is 5.82 Å². The van der Waals surface area contributed by atoms with Crippen LogP contribution in [0.4, 0.5) is 10.6 Å². The summed E-state index contributed by atoms with van der Waals surface area (Å²) in [6, 6.07) is 0. The van der Waals surface area contributed by atoms with E-state index in [9.17, 15) is 9.59 Å². The Bertz CT molecular complexity index is 474. The van der Waals surface area contributed by atoms with Gasteiger partial charge < -0.3 is 14.0 Å². The maximum Gasteiger partial charge on any atom is 0.413 e. The molecule has 1 N–H and O–H groups in total. The summed E-state index contributed by atoms with van der Waals surface area (Å²) < 4.78 is 11.3. The standard InChI is InChI=1S/C12H19N3O4/c1-12(2,3)19-11(17)14-8-7-15(4)9(13-8)6-10(16)18-5/h7H,6H2,1-5H3,(H,14,17). The number of aromatic nitrogens is 2. The lowest BCUT2D eigenvalue weighted by atomic mass is 10.2. The van der Waals surface area contributed by atoms with Gasteiger partial charge in [0.1, 0.15) is 17.8 Å². The van der Waals surface area contributed by atoms with Gasteiger partial charge in [0, 0.05) is 13.2 Å². The van der Waals surface area contributed by atoms with E-state index in [0.717, 1.165) is 0 Å². The molecule has 0 radical (unpaired) electrons. The number of hydrogen-bond donors (Lipinski definition) is 1. The third kappa shape index (κ3) is 4.99. The molecule has 19 heavy (non-hydrogen) atoms. The highest BCUT2D eigenvalue weighted by Crippen LogP contribution is 2.12. The molecule has 0 aliphatic heterocycles. The zero-order valence-corrected chi connectivity index (χ0v) is 11.8. The van der Waals surface area contributed by atoms with Gasteiger partial charge in [0.05, 0.1) is 7.11 Å². The molecule has 1 amide bonds. The van der Waals surface area contributed by atoms with E-state index in [1.165, 1.54) is 7.11 Å². The monoisotopic (exact) mass is 269 g/mol. The number of rotatable bonds is 3. The quantitative estimate of drug-likeness (QED) is 0.840. The Hall–Kier alpha value is -2.05. The highest BCUT2D eigenvalue weighted by atomic mass is 16.6. The fourth-order valence-corrected chi connectivity index (χ4v) is 1.34. The first kappa shape index (κ1) is 15.0. The molecule has 0 aliphatic carbocycles. The molecular weight excluding hydrogens is 250 g/mol. The van der Waals surface area contributed by atoms with Gasteiger partial charge in [-0.1, -0.05) is 0 Å². The number of hydrogen-bond acceptors (Lipinski definition) is 5. The number of nitrogens with zero attached hydrogens (tertiary/aromatic N) is 2. The van der Waals surface area contributed by atoms with Crippen LogP contribution in [0.5, 0.6) is 0 Å². The molecule has 7 nitrogen and oxygen atoms in total. The number of nitrogens with one attached hydrogen (secondary N) is 1. The summed E-state index contributed by atoms with van der Waals surface area (Å²) in [5, 5.41) is 2.51. The molecular formula is C12H19N3O4. The average molecular weight is 269 g/mol. The zero-order valence-electron chi connectivity index (χ0n) is 11.8. The number of anilines is 1. The smallest absolute Gasteiger partial charge is 0.413 e. The SMILES string of the molecule is COC(=O)Cc1nc(NC(=O)OC(C)(C)C)cn1C. The van der Waals surface area contributed by atoms with E-state index in [4.69, 9.17) is 4.74 Å². The Morgan fingerprint density at radius 1 is 1.42 bits per heavy atom. The summed E-state index contributed by atoms with van der Waals surface area (Å²) in [5.74, 6) is 0.436. The van der Waals surface area contributed by atoms with Gasteiger partial charge in [-0.25, -0.2) is 9.78 Å².